The van der Waals surface area contributed by atoms with Crippen molar-refractivity contribution in [2.24, 2.45) is 0 Å². The van der Waals surface area contributed by atoms with Gasteiger partial charge in [0.15, 0.2) is 0 Å². The Bertz CT molecular complexity index is 461. The average molecular weight is 267 g/mol. The molecule has 2 aromatic heterocycles. The van der Waals surface area contributed by atoms with Crippen molar-refractivity contribution in [1.82, 2.24) is 5.32 Å². The van der Waals surface area contributed by atoms with E-state index in [1.54, 1.807) is 11.8 Å². The van der Waals surface area contributed by atoms with Gasteiger partial charge in [-0.2, -0.15) is 11.8 Å². The molecule has 0 aliphatic carbocycles. The summed E-state index contributed by atoms with van der Waals surface area (Å²) in [6, 6.07) is 8.44. The summed E-state index contributed by atoms with van der Waals surface area (Å²) in [7, 11) is 0. The lowest BCUT2D eigenvalue weighted by Crippen LogP contribution is -2.10. The van der Waals surface area contributed by atoms with E-state index in [0.29, 0.717) is 0 Å². The third-order valence-corrected chi connectivity index (χ3v) is 3.97. The Morgan fingerprint density at radius 1 is 1.18 bits per heavy atom. The zero-order chi connectivity index (χ0) is 12.1. The van der Waals surface area contributed by atoms with Crippen LogP contribution in [-0.4, -0.2) is 6.26 Å². The second kappa shape index (κ2) is 6.28. The van der Waals surface area contributed by atoms with Gasteiger partial charge in [0.05, 0.1) is 12.3 Å². The Kier molecular flexibility index (Phi) is 4.71. The minimum Gasteiger partial charge on any atom is -0.464 e. The molecule has 0 saturated heterocycles. The van der Waals surface area contributed by atoms with Crippen molar-refractivity contribution >= 4 is 23.1 Å². The zero-order valence-electron chi connectivity index (χ0n) is 10.2. The van der Waals surface area contributed by atoms with Crippen molar-refractivity contribution in [2.45, 2.75) is 25.8 Å². The summed E-state index contributed by atoms with van der Waals surface area (Å²) in [4.78, 5) is 2.74. The third-order valence-electron chi connectivity index (χ3n) is 2.40. The van der Waals surface area contributed by atoms with Gasteiger partial charge in [-0.1, -0.05) is 0 Å². The van der Waals surface area contributed by atoms with Crippen LogP contribution in [0.2, 0.25) is 0 Å². The molecule has 0 bridgehead atoms. The molecule has 0 aliphatic heterocycles. The summed E-state index contributed by atoms with van der Waals surface area (Å²) in [6.07, 6.45) is 2.08. The highest BCUT2D eigenvalue weighted by Gasteiger charge is 2.02. The van der Waals surface area contributed by atoms with Crippen LogP contribution >= 0.6 is 23.1 Å². The quantitative estimate of drug-likeness (QED) is 0.861. The van der Waals surface area contributed by atoms with Crippen LogP contribution in [0.1, 0.15) is 21.3 Å². The average Bonchev–Trinajstić information content (AvgIpc) is 2.89. The molecule has 2 heterocycles. The molecule has 2 nitrogen and oxygen atoms in total. The van der Waals surface area contributed by atoms with E-state index in [0.717, 1.165) is 30.4 Å². The van der Waals surface area contributed by atoms with E-state index in [1.165, 1.54) is 9.75 Å². The summed E-state index contributed by atoms with van der Waals surface area (Å²) < 4.78 is 5.69. The predicted octanol–water partition coefficient (Wildman–Crippen LogP) is 3.80. The maximum absolute atomic E-state index is 5.69. The van der Waals surface area contributed by atoms with E-state index in [-0.39, 0.29) is 0 Å². The third kappa shape index (κ3) is 3.91. The maximum Gasteiger partial charge on any atom is 0.118 e. The smallest absolute Gasteiger partial charge is 0.118 e. The molecular weight excluding hydrogens is 250 g/mol. The molecular formula is C13H17NOS2. The summed E-state index contributed by atoms with van der Waals surface area (Å²) in [5.74, 6) is 3.02. The van der Waals surface area contributed by atoms with Crippen LogP contribution < -0.4 is 5.32 Å². The Hall–Kier alpha value is -0.710. The van der Waals surface area contributed by atoms with Gasteiger partial charge in [0.1, 0.15) is 11.5 Å². The number of thiophene rings is 1. The Morgan fingerprint density at radius 3 is 2.71 bits per heavy atom. The number of thioether (sulfide) groups is 1. The van der Waals surface area contributed by atoms with Gasteiger partial charge in [-0.3, -0.25) is 0 Å². The molecule has 92 valence electrons. The predicted molar refractivity (Wildman–Crippen MR) is 75.5 cm³/mol. The van der Waals surface area contributed by atoms with E-state index in [1.807, 2.05) is 11.3 Å². The number of hydrogen-bond donors (Lipinski definition) is 1. The highest BCUT2D eigenvalue weighted by atomic mass is 32.2. The van der Waals surface area contributed by atoms with E-state index in [2.05, 4.69) is 42.8 Å². The minimum atomic E-state index is 0.797. The van der Waals surface area contributed by atoms with Crippen molar-refractivity contribution in [3.63, 3.8) is 0 Å². The Labute approximate surface area is 110 Å². The molecule has 0 unspecified atom stereocenters. The molecule has 0 radical (unpaired) electrons. The monoisotopic (exact) mass is 267 g/mol. The largest absolute Gasteiger partial charge is 0.464 e. The number of furan rings is 1. The molecule has 4 heteroatoms. The first-order valence-corrected chi connectivity index (χ1v) is 7.81. The van der Waals surface area contributed by atoms with Crippen molar-refractivity contribution in [3.05, 3.63) is 45.5 Å². The first-order chi connectivity index (χ1) is 8.28. The van der Waals surface area contributed by atoms with Crippen LogP contribution in [0.4, 0.5) is 0 Å². The standard InChI is InChI=1S/C13H17NOS2/c1-10-3-6-13(17-10)8-14-7-11-4-5-12(15-11)9-16-2/h3-6,14H,7-9H2,1-2H3. The topological polar surface area (TPSA) is 25.2 Å². The summed E-state index contributed by atoms with van der Waals surface area (Å²) in [6.45, 7) is 3.85. The lowest BCUT2D eigenvalue weighted by atomic mass is 10.4. The first-order valence-electron chi connectivity index (χ1n) is 5.60. The van der Waals surface area contributed by atoms with Gasteiger partial charge < -0.3 is 9.73 Å². The van der Waals surface area contributed by atoms with Gasteiger partial charge in [0.25, 0.3) is 0 Å². The van der Waals surface area contributed by atoms with Crippen LogP contribution in [0.5, 0.6) is 0 Å². The first kappa shape index (κ1) is 12.7. The number of rotatable bonds is 6. The molecule has 0 amide bonds. The van der Waals surface area contributed by atoms with Crippen molar-refractivity contribution in [3.8, 4) is 0 Å². The number of aryl methyl sites for hydroxylation is 1. The molecule has 0 aliphatic rings. The van der Waals surface area contributed by atoms with Crippen molar-refractivity contribution in [1.29, 1.82) is 0 Å². The Morgan fingerprint density at radius 2 is 2.00 bits per heavy atom. The van der Waals surface area contributed by atoms with Gasteiger partial charge in [0, 0.05) is 16.3 Å². The molecule has 0 spiro atoms. The number of hydrogen-bond acceptors (Lipinski definition) is 4. The fourth-order valence-corrected chi connectivity index (χ4v) is 2.93. The maximum atomic E-state index is 5.69. The summed E-state index contributed by atoms with van der Waals surface area (Å²) >= 11 is 3.62. The van der Waals surface area contributed by atoms with E-state index >= 15 is 0 Å². The van der Waals surface area contributed by atoms with Gasteiger partial charge in [0.2, 0.25) is 0 Å². The summed E-state index contributed by atoms with van der Waals surface area (Å²) in [5.41, 5.74) is 0. The molecule has 2 rings (SSSR count). The normalized spacial score (nSPS) is 10.9. The van der Waals surface area contributed by atoms with Crippen LogP contribution in [-0.2, 0) is 18.8 Å². The molecule has 2 aromatic rings. The molecule has 0 atom stereocenters. The zero-order valence-corrected chi connectivity index (χ0v) is 11.8. The van der Waals surface area contributed by atoms with Gasteiger partial charge in [-0.15, -0.1) is 11.3 Å². The van der Waals surface area contributed by atoms with Gasteiger partial charge in [-0.25, -0.2) is 0 Å². The molecule has 1 N–H and O–H groups in total. The van der Waals surface area contributed by atoms with Gasteiger partial charge >= 0.3 is 0 Å². The van der Waals surface area contributed by atoms with Crippen LogP contribution in [0.25, 0.3) is 0 Å². The van der Waals surface area contributed by atoms with Crippen LogP contribution in [0, 0.1) is 6.92 Å². The van der Waals surface area contributed by atoms with E-state index in [9.17, 15) is 0 Å². The van der Waals surface area contributed by atoms with Crippen molar-refractivity contribution in [2.75, 3.05) is 6.26 Å². The SMILES string of the molecule is CSCc1ccc(CNCc2ccc(C)s2)o1. The Balaban J connectivity index is 1.77. The highest BCUT2D eigenvalue weighted by Crippen LogP contribution is 2.16. The molecule has 17 heavy (non-hydrogen) atoms. The fraction of sp³-hybridized carbons (Fsp3) is 0.385. The molecule has 0 fully saturated rings. The van der Waals surface area contributed by atoms with E-state index in [4.69, 9.17) is 4.42 Å². The highest BCUT2D eigenvalue weighted by molar-refractivity contribution is 7.97. The minimum absolute atomic E-state index is 0.797. The van der Waals surface area contributed by atoms with Gasteiger partial charge in [-0.05, 0) is 37.4 Å². The van der Waals surface area contributed by atoms with Crippen molar-refractivity contribution < 1.29 is 4.42 Å². The lowest BCUT2D eigenvalue weighted by Gasteiger charge is -2.00. The number of nitrogens with one attached hydrogen (secondary N) is 1. The second-order valence-corrected chi connectivity index (χ2v) is 6.16. The van der Waals surface area contributed by atoms with Crippen LogP contribution in [0.3, 0.4) is 0 Å². The van der Waals surface area contributed by atoms with E-state index < -0.39 is 0 Å². The molecule has 0 aromatic carbocycles. The second-order valence-electron chi connectivity index (χ2n) is 3.92. The van der Waals surface area contributed by atoms with Crippen LogP contribution in [0.15, 0.2) is 28.7 Å². The fourth-order valence-electron chi connectivity index (χ4n) is 1.63. The lowest BCUT2D eigenvalue weighted by molar-refractivity contribution is 0.460. The summed E-state index contributed by atoms with van der Waals surface area (Å²) in [5, 5.41) is 3.40. The molecule has 0 saturated carbocycles.